The zero-order valence-corrected chi connectivity index (χ0v) is 9.10. The van der Waals surface area contributed by atoms with E-state index in [1.54, 1.807) is 0 Å². The van der Waals surface area contributed by atoms with Crippen LogP contribution in [0, 0.1) is 13.8 Å². The Labute approximate surface area is 80.6 Å². The van der Waals surface area contributed by atoms with Gasteiger partial charge in [-0.15, -0.1) is 0 Å². The molecule has 1 N–H and O–H groups in total. The van der Waals surface area contributed by atoms with Crippen LogP contribution in [0.5, 0.6) is 0 Å². The van der Waals surface area contributed by atoms with Crippen molar-refractivity contribution in [2.45, 2.75) is 13.8 Å². The van der Waals surface area contributed by atoms with E-state index in [4.69, 9.17) is 0 Å². The van der Waals surface area contributed by atoms with Crippen molar-refractivity contribution in [2.24, 2.45) is 0 Å². The second-order valence-electron chi connectivity index (χ2n) is 3.60. The topological polar surface area (TPSA) is 15.3 Å². The van der Waals surface area contributed by atoms with Gasteiger partial charge >= 0.3 is 0 Å². The molecule has 2 nitrogen and oxygen atoms in total. The minimum atomic E-state index is 1.19. The molecule has 0 unspecified atom stereocenters. The second kappa shape index (κ2) is 3.69. The maximum Gasteiger partial charge on any atom is 0.0599 e. The van der Waals surface area contributed by atoms with E-state index < -0.39 is 0 Å². The number of hydrogen-bond acceptors (Lipinski definition) is 2. The first kappa shape index (κ1) is 9.90. The molecule has 0 spiro atoms. The van der Waals surface area contributed by atoms with Gasteiger partial charge in [-0.3, -0.25) is 0 Å². The summed E-state index contributed by atoms with van der Waals surface area (Å²) in [6, 6.07) is 4.39. The van der Waals surface area contributed by atoms with Crippen LogP contribution in [-0.2, 0) is 0 Å². The lowest BCUT2D eigenvalue weighted by molar-refractivity contribution is 1.12. The van der Waals surface area contributed by atoms with Gasteiger partial charge in [0, 0.05) is 21.1 Å². The fraction of sp³-hybridized carbons (Fsp3) is 0.455. The smallest absolute Gasteiger partial charge is 0.0599 e. The lowest BCUT2D eigenvalue weighted by Gasteiger charge is -2.19. The minimum Gasteiger partial charge on any atom is -0.386 e. The molecule has 0 bridgehead atoms. The molecule has 0 amide bonds. The Hall–Kier alpha value is -1.18. The van der Waals surface area contributed by atoms with Crippen LogP contribution in [0.1, 0.15) is 11.1 Å². The van der Waals surface area contributed by atoms with Gasteiger partial charge in [0.2, 0.25) is 0 Å². The lowest BCUT2D eigenvalue weighted by atomic mass is 10.1. The van der Waals surface area contributed by atoms with Crippen LogP contribution in [0.2, 0.25) is 0 Å². The van der Waals surface area contributed by atoms with E-state index in [-0.39, 0.29) is 0 Å². The van der Waals surface area contributed by atoms with E-state index in [0.717, 1.165) is 0 Å². The number of rotatable bonds is 2. The normalized spacial score (nSPS) is 9.92. The van der Waals surface area contributed by atoms with Crippen LogP contribution >= 0.6 is 0 Å². The quantitative estimate of drug-likeness (QED) is 0.748. The SMILES string of the molecule is CNc1cc(C)c(C)cc1N(C)C. The second-order valence-corrected chi connectivity index (χ2v) is 3.60. The van der Waals surface area contributed by atoms with Crippen molar-refractivity contribution in [3.05, 3.63) is 23.3 Å². The highest BCUT2D eigenvalue weighted by molar-refractivity contribution is 5.71. The maximum atomic E-state index is 3.20. The lowest BCUT2D eigenvalue weighted by Crippen LogP contribution is -2.11. The van der Waals surface area contributed by atoms with Crippen LogP contribution in [0.15, 0.2) is 12.1 Å². The third-order valence-electron chi connectivity index (χ3n) is 2.36. The molecule has 0 atom stereocenters. The number of nitrogens with one attached hydrogen (secondary N) is 1. The van der Waals surface area contributed by atoms with Gasteiger partial charge in [0.25, 0.3) is 0 Å². The third-order valence-corrected chi connectivity index (χ3v) is 2.36. The maximum absolute atomic E-state index is 3.20. The Kier molecular flexibility index (Phi) is 2.81. The van der Waals surface area contributed by atoms with Crippen molar-refractivity contribution in [1.29, 1.82) is 0 Å². The highest BCUT2D eigenvalue weighted by Crippen LogP contribution is 2.27. The number of nitrogens with zero attached hydrogens (tertiary/aromatic N) is 1. The van der Waals surface area contributed by atoms with Crippen molar-refractivity contribution in [2.75, 3.05) is 31.4 Å². The molecule has 0 heterocycles. The molecule has 1 rings (SSSR count). The van der Waals surface area contributed by atoms with E-state index in [2.05, 4.69) is 50.3 Å². The summed E-state index contributed by atoms with van der Waals surface area (Å²) in [5, 5.41) is 3.20. The molecule has 0 saturated carbocycles. The summed E-state index contributed by atoms with van der Waals surface area (Å²) in [5.41, 5.74) is 5.09. The summed E-state index contributed by atoms with van der Waals surface area (Å²) in [6.07, 6.45) is 0. The molecule has 0 fully saturated rings. The van der Waals surface area contributed by atoms with Crippen LogP contribution in [0.4, 0.5) is 11.4 Å². The third kappa shape index (κ3) is 1.94. The van der Waals surface area contributed by atoms with Gasteiger partial charge in [-0.05, 0) is 37.1 Å². The number of anilines is 2. The van der Waals surface area contributed by atoms with Gasteiger partial charge < -0.3 is 10.2 Å². The van der Waals surface area contributed by atoms with Gasteiger partial charge in [0.1, 0.15) is 0 Å². The fourth-order valence-corrected chi connectivity index (χ4v) is 1.37. The van der Waals surface area contributed by atoms with Crippen LogP contribution in [0.25, 0.3) is 0 Å². The van der Waals surface area contributed by atoms with E-state index in [1.165, 1.54) is 22.5 Å². The Balaban J connectivity index is 3.25. The number of benzene rings is 1. The molecular weight excluding hydrogens is 160 g/mol. The largest absolute Gasteiger partial charge is 0.386 e. The zero-order valence-electron chi connectivity index (χ0n) is 9.10. The van der Waals surface area contributed by atoms with Crippen molar-refractivity contribution in [3.63, 3.8) is 0 Å². The summed E-state index contributed by atoms with van der Waals surface area (Å²) in [4.78, 5) is 2.12. The van der Waals surface area contributed by atoms with Gasteiger partial charge in [-0.25, -0.2) is 0 Å². The van der Waals surface area contributed by atoms with Crippen molar-refractivity contribution in [1.82, 2.24) is 0 Å². The Morgan fingerprint density at radius 2 is 1.62 bits per heavy atom. The molecule has 0 aromatic heterocycles. The first-order chi connectivity index (χ1) is 6.06. The van der Waals surface area contributed by atoms with Crippen LogP contribution in [-0.4, -0.2) is 21.1 Å². The predicted octanol–water partition coefficient (Wildman–Crippen LogP) is 2.41. The molecule has 1 aromatic rings. The molecule has 2 heteroatoms. The monoisotopic (exact) mass is 178 g/mol. The number of aryl methyl sites for hydroxylation is 2. The first-order valence-electron chi connectivity index (χ1n) is 4.52. The minimum absolute atomic E-state index is 1.19. The highest BCUT2D eigenvalue weighted by Gasteiger charge is 2.04. The average Bonchev–Trinajstić information content (AvgIpc) is 2.08. The van der Waals surface area contributed by atoms with Gasteiger partial charge in [-0.1, -0.05) is 0 Å². The van der Waals surface area contributed by atoms with E-state index in [9.17, 15) is 0 Å². The predicted molar refractivity (Wildman–Crippen MR) is 59.8 cm³/mol. The Morgan fingerprint density at radius 3 is 2.08 bits per heavy atom. The van der Waals surface area contributed by atoms with Crippen molar-refractivity contribution in [3.8, 4) is 0 Å². The standard InChI is InChI=1S/C11H18N2/c1-8-6-10(12-3)11(13(4)5)7-9(8)2/h6-7,12H,1-5H3. The molecule has 1 aromatic carbocycles. The molecule has 0 saturated heterocycles. The van der Waals surface area contributed by atoms with E-state index in [0.29, 0.717) is 0 Å². The summed E-state index contributed by atoms with van der Waals surface area (Å²) in [6.45, 7) is 4.28. The van der Waals surface area contributed by atoms with E-state index >= 15 is 0 Å². The first-order valence-corrected chi connectivity index (χ1v) is 4.52. The molecule has 0 aliphatic carbocycles. The van der Waals surface area contributed by atoms with Gasteiger partial charge in [0.15, 0.2) is 0 Å². The fourth-order valence-electron chi connectivity index (χ4n) is 1.37. The molecule has 72 valence electrons. The van der Waals surface area contributed by atoms with E-state index in [1.807, 2.05) is 7.05 Å². The molecule has 0 radical (unpaired) electrons. The highest BCUT2D eigenvalue weighted by atomic mass is 15.1. The molecule has 0 aliphatic heterocycles. The molecule has 0 aliphatic rings. The van der Waals surface area contributed by atoms with Gasteiger partial charge in [-0.2, -0.15) is 0 Å². The summed E-state index contributed by atoms with van der Waals surface area (Å²) in [7, 11) is 6.08. The van der Waals surface area contributed by atoms with Crippen LogP contribution < -0.4 is 10.2 Å². The number of hydrogen-bond donors (Lipinski definition) is 1. The summed E-state index contributed by atoms with van der Waals surface area (Å²) < 4.78 is 0. The van der Waals surface area contributed by atoms with Gasteiger partial charge in [0.05, 0.1) is 11.4 Å². The molecular formula is C11H18N2. The Morgan fingerprint density at radius 1 is 1.08 bits per heavy atom. The summed E-state index contributed by atoms with van der Waals surface area (Å²) in [5.74, 6) is 0. The zero-order chi connectivity index (χ0) is 10.0. The van der Waals surface area contributed by atoms with Crippen molar-refractivity contribution >= 4 is 11.4 Å². The average molecular weight is 178 g/mol. The summed E-state index contributed by atoms with van der Waals surface area (Å²) >= 11 is 0. The molecule has 13 heavy (non-hydrogen) atoms. The van der Waals surface area contributed by atoms with Crippen LogP contribution in [0.3, 0.4) is 0 Å². The van der Waals surface area contributed by atoms with Crippen molar-refractivity contribution < 1.29 is 0 Å². The Bertz CT molecular complexity index is 303.